The highest BCUT2D eigenvalue weighted by atomic mass is 16.6. The van der Waals surface area contributed by atoms with E-state index in [0.29, 0.717) is 54.4 Å². The van der Waals surface area contributed by atoms with Crippen LogP contribution in [0.15, 0.2) is 18.2 Å². The van der Waals surface area contributed by atoms with Gasteiger partial charge in [0.2, 0.25) is 5.65 Å². The van der Waals surface area contributed by atoms with Crippen molar-refractivity contribution in [3.8, 4) is 0 Å². The van der Waals surface area contributed by atoms with Gasteiger partial charge in [-0.25, -0.2) is 14.6 Å². The summed E-state index contributed by atoms with van der Waals surface area (Å²) in [5, 5.41) is 12.0. The SMILES string of the molecule is [C-]#[N+]c1ccc2nc(N3CCN(C(=O)OC(C)(C)C)CC3)c3nnnn3c2c1. The molecule has 3 heterocycles. The van der Waals surface area contributed by atoms with Crippen LogP contribution in [0.2, 0.25) is 0 Å². The number of nitrogens with zero attached hydrogens (tertiary/aromatic N) is 8. The van der Waals surface area contributed by atoms with Crippen molar-refractivity contribution in [3.05, 3.63) is 29.6 Å². The van der Waals surface area contributed by atoms with Crippen molar-refractivity contribution in [1.29, 1.82) is 0 Å². The standard InChI is InChI=1S/C18H20N8O2/c1-18(2,3)28-17(27)25-9-7-24(8-10-25)15-16-21-22-23-26(16)14-11-12(19-4)5-6-13(14)20-15/h5-6,11H,7-10H2,1-3H3. The van der Waals surface area contributed by atoms with Crippen LogP contribution in [-0.2, 0) is 4.74 Å². The van der Waals surface area contributed by atoms with Crippen molar-refractivity contribution in [2.45, 2.75) is 26.4 Å². The van der Waals surface area contributed by atoms with Gasteiger partial charge >= 0.3 is 6.09 Å². The van der Waals surface area contributed by atoms with Crippen LogP contribution in [0.3, 0.4) is 0 Å². The number of piperazine rings is 1. The highest BCUT2D eigenvalue weighted by Gasteiger charge is 2.28. The zero-order valence-electron chi connectivity index (χ0n) is 16.0. The molecule has 0 N–H and O–H groups in total. The molecule has 2 aromatic heterocycles. The number of carbonyl (C=O) groups is 1. The van der Waals surface area contributed by atoms with Gasteiger partial charge in [-0.1, -0.05) is 6.07 Å². The highest BCUT2D eigenvalue weighted by Crippen LogP contribution is 2.26. The third-order valence-electron chi connectivity index (χ3n) is 4.44. The lowest BCUT2D eigenvalue weighted by molar-refractivity contribution is 0.0240. The van der Waals surface area contributed by atoms with Crippen molar-refractivity contribution in [1.82, 2.24) is 29.9 Å². The molecule has 1 saturated heterocycles. The smallest absolute Gasteiger partial charge is 0.410 e. The fourth-order valence-electron chi connectivity index (χ4n) is 3.14. The Morgan fingerprint density at radius 3 is 2.64 bits per heavy atom. The molecule has 0 aliphatic carbocycles. The molecule has 0 bridgehead atoms. The zero-order valence-corrected chi connectivity index (χ0v) is 16.0. The Bertz CT molecular complexity index is 1090. The normalized spacial score (nSPS) is 15.1. The molecule has 1 amide bonds. The summed E-state index contributed by atoms with van der Waals surface area (Å²) in [6.07, 6.45) is -0.306. The van der Waals surface area contributed by atoms with Crippen molar-refractivity contribution < 1.29 is 9.53 Å². The molecule has 0 spiro atoms. The molecule has 0 unspecified atom stereocenters. The minimum Gasteiger partial charge on any atom is -0.444 e. The molecule has 1 fully saturated rings. The number of tetrazole rings is 1. The van der Waals surface area contributed by atoms with Crippen molar-refractivity contribution in [2.75, 3.05) is 31.1 Å². The highest BCUT2D eigenvalue weighted by molar-refractivity contribution is 5.85. The first-order chi connectivity index (χ1) is 13.4. The van der Waals surface area contributed by atoms with Gasteiger partial charge in [0.1, 0.15) is 5.60 Å². The van der Waals surface area contributed by atoms with Gasteiger partial charge in [-0.3, -0.25) is 0 Å². The minimum absolute atomic E-state index is 0.306. The third kappa shape index (κ3) is 3.26. The number of hydrogen-bond acceptors (Lipinski definition) is 7. The summed E-state index contributed by atoms with van der Waals surface area (Å²) in [5.41, 5.74) is 1.91. The van der Waals surface area contributed by atoms with Gasteiger partial charge in [-0.15, -0.1) is 5.10 Å². The summed E-state index contributed by atoms with van der Waals surface area (Å²) in [7, 11) is 0. The Labute approximate surface area is 161 Å². The largest absolute Gasteiger partial charge is 0.444 e. The van der Waals surface area contributed by atoms with E-state index in [-0.39, 0.29) is 6.09 Å². The van der Waals surface area contributed by atoms with E-state index >= 15 is 0 Å². The van der Waals surface area contributed by atoms with E-state index in [4.69, 9.17) is 16.3 Å². The molecule has 10 heteroatoms. The summed E-state index contributed by atoms with van der Waals surface area (Å²) < 4.78 is 7.05. The average Bonchev–Trinajstić information content (AvgIpc) is 3.16. The summed E-state index contributed by atoms with van der Waals surface area (Å²) in [5.74, 6) is 0.664. The van der Waals surface area contributed by atoms with Gasteiger partial charge in [0.05, 0.1) is 17.6 Å². The van der Waals surface area contributed by atoms with Gasteiger partial charge in [0, 0.05) is 26.2 Å². The van der Waals surface area contributed by atoms with E-state index in [1.54, 1.807) is 27.6 Å². The number of ether oxygens (including phenoxy) is 1. The molecule has 10 nitrogen and oxygen atoms in total. The maximum atomic E-state index is 12.3. The average molecular weight is 380 g/mol. The molecular formula is C18H20N8O2. The van der Waals surface area contributed by atoms with Crippen LogP contribution < -0.4 is 4.90 Å². The fraction of sp³-hybridized carbons (Fsp3) is 0.444. The second-order valence-electron chi connectivity index (χ2n) is 7.59. The number of aromatic nitrogens is 5. The van der Waals surface area contributed by atoms with E-state index in [1.807, 2.05) is 20.8 Å². The Hall–Kier alpha value is -3.48. The number of anilines is 1. The quantitative estimate of drug-likeness (QED) is 0.598. The second kappa shape index (κ2) is 6.60. The topological polar surface area (TPSA) is 93.1 Å². The van der Waals surface area contributed by atoms with Crippen LogP contribution in [-0.4, -0.2) is 67.8 Å². The third-order valence-corrected chi connectivity index (χ3v) is 4.44. The lowest BCUT2D eigenvalue weighted by atomic mass is 10.2. The molecule has 0 atom stereocenters. The first kappa shape index (κ1) is 17.9. The van der Waals surface area contributed by atoms with E-state index in [1.165, 1.54) is 0 Å². The maximum absolute atomic E-state index is 12.3. The molecule has 1 aromatic carbocycles. The van der Waals surface area contributed by atoms with Gasteiger partial charge < -0.3 is 14.5 Å². The van der Waals surface area contributed by atoms with Crippen molar-refractivity contribution in [2.24, 2.45) is 0 Å². The van der Waals surface area contributed by atoms with E-state index in [2.05, 4.69) is 25.3 Å². The summed E-state index contributed by atoms with van der Waals surface area (Å²) in [4.78, 5) is 24.2. The Morgan fingerprint density at radius 1 is 1.21 bits per heavy atom. The number of benzene rings is 1. The lowest BCUT2D eigenvalue weighted by Gasteiger charge is -2.36. The van der Waals surface area contributed by atoms with Crippen LogP contribution in [0.25, 0.3) is 21.5 Å². The Balaban J connectivity index is 1.61. The van der Waals surface area contributed by atoms with Gasteiger partial charge in [-0.2, -0.15) is 4.52 Å². The molecule has 1 aliphatic heterocycles. The number of rotatable bonds is 1. The zero-order chi connectivity index (χ0) is 19.9. The lowest BCUT2D eigenvalue weighted by Crippen LogP contribution is -2.50. The van der Waals surface area contributed by atoms with Crippen molar-refractivity contribution in [3.63, 3.8) is 0 Å². The minimum atomic E-state index is -0.516. The first-order valence-corrected chi connectivity index (χ1v) is 8.98. The number of hydrogen-bond donors (Lipinski definition) is 0. The predicted molar refractivity (Wildman–Crippen MR) is 102 cm³/mol. The molecule has 3 aromatic rings. The molecule has 0 saturated carbocycles. The monoisotopic (exact) mass is 380 g/mol. The fourth-order valence-corrected chi connectivity index (χ4v) is 3.14. The van der Waals surface area contributed by atoms with E-state index < -0.39 is 5.60 Å². The Kier molecular flexibility index (Phi) is 4.22. The maximum Gasteiger partial charge on any atom is 0.410 e. The molecule has 0 radical (unpaired) electrons. The van der Waals surface area contributed by atoms with Crippen LogP contribution >= 0.6 is 0 Å². The Morgan fingerprint density at radius 2 is 1.96 bits per heavy atom. The number of fused-ring (bicyclic) bond motifs is 3. The van der Waals surface area contributed by atoms with Gasteiger partial charge in [0.15, 0.2) is 11.5 Å². The van der Waals surface area contributed by atoms with E-state index in [0.717, 1.165) is 0 Å². The molecule has 144 valence electrons. The van der Waals surface area contributed by atoms with E-state index in [9.17, 15) is 4.79 Å². The predicted octanol–water partition coefficient (Wildman–Crippen LogP) is 2.28. The second-order valence-corrected chi connectivity index (χ2v) is 7.59. The van der Waals surface area contributed by atoms with Crippen LogP contribution in [0.4, 0.5) is 16.3 Å². The van der Waals surface area contributed by atoms with Gasteiger partial charge in [-0.05, 0) is 43.3 Å². The summed E-state index contributed by atoms with van der Waals surface area (Å²) in [6, 6.07) is 5.25. The van der Waals surface area contributed by atoms with Gasteiger partial charge in [0.25, 0.3) is 0 Å². The summed E-state index contributed by atoms with van der Waals surface area (Å²) >= 11 is 0. The molecular weight excluding hydrogens is 360 g/mol. The van der Waals surface area contributed by atoms with Crippen LogP contribution in [0, 0.1) is 6.57 Å². The number of carbonyl (C=O) groups excluding carboxylic acids is 1. The molecule has 28 heavy (non-hydrogen) atoms. The van der Waals surface area contributed by atoms with Crippen LogP contribution in [0.1, 0.15) is 20.8 Å². The van der Waals surface area contributed by atoms with Crippen molar-refractivity contribution >= 4 is 34.3 Å². The molecule has 1 aliphatic rings. The number of amides is 1. The first-order valence-electron chi connectivity index (χ1n) is 8.98. The molecule has 4 rings (SSSR count). The van der Waals surface area contributed by atoms with Crippen LogP contribution in [0.5, 0.6) is 0 Å². The summed E-state index contributed by atoms with van der Waals surface area (Å²) in [6.45, 7) is 15.0.